The maximum absolute atomic E-state index is 12.1. The number of rotatable bonds is 2. The number of ether oxygens (including phenoxy) is 1. The van der Waals surface area contributed by atoms with Crippen LogP contribution in [0.4, 0.5) is 5.82 Å². The molecule has 0 saturated heterocycles. The van der Waals surface area contributed by atoms with Gasteiger partial charge >= 0.3 is 11.7 Å². The molecule has 0 aliphatic rings. The molecule has 2 heterocycles. The number of anilines is 1. The number of carbonyl (C=O) groups excluding carboxylic acids is 1. The lowest BCUT2D eigenvalue weighted by atomic mass is 10.2. The van der Waals surface area contributed by atoms with E-state index in [1.807, 2.05) is 0 Å². The number of fused-ring (bicyclic) bond motifs is 1. The highest BCUT2D eigenvalue weighted by atomic mass is 16.5. The summed E-state index contributed by atoms with van der Waals surface area (Å²) in [6.45, 7) is 1.84. The molecule has 8 nitrogen and oxygen atoms in total. The van der Waals surface area contributed by atoms with Crippen molar-refractivity contribution in [1.82, 2.24) is 14.1 Å². The van der Waals surface area contributed by atoms with Crippen LogP contribution in [0.3, 0.4) is 0 Å². The Bertz CT molecular complexity index is 819. The number of aromatic nitrogens is 3. The molecule has 0 aromatic carbocycles. The highest BCUT2D eigenvalue weighted by Crippen LogP contribution is 2.15. The molecule has 0 unspecified atom stereocenters. The van der Waals surface area contributed by atoms with Gasteiger partial charge in [-0.15, -0.1) is 0 Å². The van der Waals surface area contributed by atoms with Gasteiger partial charge in [-0.05, 0) is 13.0 Å². The molecular formula is C12H14N4O4. The van der Waals surface area contributed by atoms with E-state index in [1.54, 1.807) is 6.92 Å². The average Bonchev–Trinajstić information content (AvgIpc) is 2.42. The number of pyridine rings is 1. The summed E-state index contributed by atoms with van der Waals surface area (Å²) in [5, 5.41) is 0.131. The van der Waals surface area contributed by atoms with E-state index in [2.05, 4.69) is 4.98 Å². The van der Waals surface area contributed by atoms with Gasteiger partial charge in [0.1, 0.15) is 11.4 Å². The first kappa shape index (κ1) is 13.8. The number of hydrogen-bond acceptors (Lipinski definition) is 6. The van der Waals surface area contributed by atoms with Crippen molar-refractivity contribution in [2.75, 3.05) is 12.3 Å². The lowest BCUT2D eigenvalue weighted by molar-refractivity contribution is 0.0527. The summed E-state index contributed by atoms with van der Waals surface area (Å²) in [4.78, 5) is 39.6. The van der Waals surface area contributed by atoms with E-state index in [9.17, 15) is 14.4 Å². The van der Waals surface area contributed by atoms with E-state index in [4.69, 9.17) is 10.5 Å². The molecule has 106 valence electrons. The lowest BCUT2D eigenvalue weighted by Crippen LogP contribution is -2.37. The summed E-state index contributed by atoms with van der Waals surface area (Å²) in [6.07, 6.45) is 0. The fraction of sp³-hybridized carbons (Fsp3) is 0.333. The highest BCUT2D eigenvalue weighted by Gasteiger charge is 2.17. The summed E-state index contributed by atoms with van der Waals surface area (Å²) in [6, 6.07) is 1.30. The minimum absolute atomic E-state index is 0.00935. The largest absolute Gasteiger partial charge is 0.462 e. The molecule has 0 spiro atoms. The van der Waals surface area contributed by atoms with Crippen molar-refractivity contribution >= 4 is 22.8 Å². The van der Waals surface area contributed by atoms with E-state index in [0.717, 1.165) is 4.57 Å². The van der Waals surface area contributed by atoms with Crippen LogP contribution in [0.1, 0.15) is 17.3 Å². The molecule has 0 aliphatic heterocycles. The van der Waals surface area contributed by atoms with Gasteiger partial charge in [-0.2, -0.15) is 0 Å². The van der Waals surface area contributed by atoms with Gasteiger partial charge < -0.3 is 10.5 Å². The van der Waals surface area contributed by atoms with Crippen molar-refractivity contribution in [3.05, 3.63) is 32.5 Å². The van der Waals surface area contributed by atoms with Crippen molar-refractivity contribution < 1.29 is 9.53 Å². The molecule has 2 N–H and O–H groups in total. The van der Waals surface area contributed by atoms with Crippen molar-refractivity contribution in [2.24, 2.45) is 14.1 Å². The first-order valence-corrected chi connectivity index (χ1v) is 5.91. The number of nitrogens with zero attached hydrogens (tertiary/aromatic N) is 3. The van der Waals surface area contributed by atoms with Crippen LogP contribution in [0.15, 0.2) is 15.7 Å². The number of nitrogens with two attached hydrogens (primary N) is 1. The molecule has 8 heteroatoms. The topological polar surface area (TPSA) is 109 Å². The normalized spacial score (nSPS) is 10.8. The molecule has 2 aromatic rings. The summed E-state index contributed by atoms with van der Waals surface area (Å²) in [5.41, 5.74) is 4.77. The molecule has 0 radical (unpaired) electrons. The maximum atomic E-state index is 12.1. The second kappa shape index (κ2) is 4.80. The van der Waals surface area contributed by atoms with Crippen LogP contribution in [0.2, 0.25) is 0 Å². The Kier molecular flexibility index (Phi) is 3.31. The number of carbonyl (C=O) groups is 1. The minimum Gasteiger partial charge on any atom is -0.462 e. The molecule has 0 bridgehead atoms. The van der Waals surface area contributed by atoms with E-state index in [-0.39, 0.29) is 29.0 Å². The van der Waals surface area contributed by atoms with Gasteiger partial charge in [-0.25, -0.2) is 14.6 Å². The maximum Gasteiger partial charge on any atom is 0.341 e. The Hall–Kier alpha value is -2.64. The zero-order valence-electron chi connectivity index (χ0n) is 11.3. The number of esters is 1. The zero-order chi connectivity index (χ0) is 15.0. The lowest BCUT2D eigenvalue weighted by Gasteiger charge is -2.09. The summed E-state index contributed by atoms with van der Waals surface area (Å²) in [5.74, 6) is -0.741. The smallest absolute Gasteiger partial charge is 0.341 e. The quantitative estimate of drug-likeness (QED) is 0.734. The van der Waals surface area contributed by atoms with E-state index in [1.165, 1.54) is 24.7 Å². The van der Waals surface area contributed by atoms with Gasteiger partial charge in [-0.1, -0.05) is 0 Å². The fourth-order valence-corrected chi connectivity index (χ4v) is 1.89. The molecule has 2 aromatic heterocycles. The van der Waals surface area contributed by atoms with Crippen molar-refractivity contribution in [3.63, 3.8) is 0 Å². The Morgan fingerprint density at radius 1 is 1.35 bits per heavy atom. The zero-order valence-corrected chi connectivity index (χ0v) is 11.3. The molecule has 0 aliphatic carbocycles. The van der Waals surface area contributed by atoms with Crippen LogP contribution in [-0.4, -0.2) is 26.7 Å². The molecular weight excluding hydrogens is 264 g/mol. The SMILES string of the molecule is CCOC(=O)c1cc2c(=O)n(C)c(=O)n(C)c2nc1N. The first-order valence-electron chi connectivity index (χ1n) is 5.91. The minimum atomic E-state index is -0.657. The van der Waals surface area contributed by atoms with Gasteiger partial charge in [0, 0.05) is 14.1 Å². The molecule has 0 amide bonds. The van der Waals surface area contributed by atoms with E-state index in [0.29, 0.717) is 0 Å². The average molecular weight is 278 g/mol. The molecule has 0 fully saturated rings. The second-order valence-electron chi connectivity index (χ2n) is 4.22. The Balaban J connectivity index is 2.87. The highest BCUT2D eigenvalue weighted by molar-refractivity contribution is 5.97. The van der Waals surface area contributed by atoms with E-state index < -0.39 is 17.2 Å². The van der Waals surface area contributed by atoms with Gasteiger partial charge in [0.05, 0.1) is 12.0 Å². The first-order chi connectivity index (χ1) is 9.38. The van der Waals surface area contributed by atoms with Crippen molar-refractivity contribution in [2.45, 2.75) is 6.92 Å². The van der Waals surface area contributed by atoms with Crippen LogP contribution in [0, 0.1) is 0 Å². The van der Waals surface area contributed by atoms with Gasteiger partial charge in [0.15, 0.2) is 5.65 Å². The second-order valence-corrected chi connectivity index (χ2v) is 4.22. The van der Waals surface area contributed by atoms with E-state index >= 15 is 0 Å². The third kappa shape index (κ3) is 1.94. The predicted molar refractivity (Wildman–Crippen MR) is 72.6 cm³/mol. The third-order valence-corrected chi connectivity index (χ3v) is 2.95. The van der Waals surface area contributed by atoms with Crippen LogP contribution in [-0.2, 0) is 18.8 Å². The molecule has 0 saturated carbocycles. The number of aryl methyl sites for hydroxylation is 1. The predicted octanol–water partition coefficient (Wildman–Crippen LogP) is -0.609. The van der Waals surface area contributed by atoms with Crippen molar-refractivity contribution in [3.8, 4) is 0 Å². The fourth-order valence-electron chi connectivity index (χ4n) is 1.89. The summed E-state index contributed by atoms with van der Waals surface area (Å²) in [7, 11) is 2.82. The van der Waals surface area contributed by atoms with Gasteiger partial charge in [-0.3, -0.25) is 13.9 Å². The van der Waals surface area contributed by atoms with Gasteiger partial charge in [0.2, 0.25) is 0 Å². The van der Waals surface area contributed by atoms with Crippen LogP contribution >= 0.6 is 0 Å². The number of hydrogen-bond donors (Lipinski definition) is 1. The monoisotopic (exact) mass is 278 g/mol. The van der Waals surface area contributed by atoms with Crippen LogP contribution in [0.25, 0.3) is 11.0 Å². The summed E-state index contributed by atoms with van der Waals surface area (Å²) >= 11 is 0. The van der Waals surface area contributed by atoms with Crippen molar-refractivity contribution in [1.29, 1.82) is 0 Å². The summed E-state index contributed by atoms with van der Waals surface area (Å²) < 4.78 is 6.98. The Labute approximate surface area is 113 Å². The molecule has 2 rings (SSSR count). The van der Waals surface area contributed by atoms with Crippen LogP contribution < -0.4 is 17.0 Å². The molecule has 20 heavy (non-hydrogen) atoms. The van der Waals surface area contributed by atoms with Crippen LogP contribution in [0.5, 0.6) is 0 Å². The Morgan fingerprint density at radius 2 is 2.00 bits per heavy atom. The number of nitrogen functional groups attached to an aromatic ring is 1. The molecule has 0 atom stereocenters. The Morgan fingerprint density at radius 3 is 2.60 bits per heavy atom. The van der Waals surface area contributed by atoms with Gasteiger partial charge in [0.25, 0.3) is 5.56 Å². The standard InChI is InChI=1S/C12H14N4O4/c1-4-20-11(18)6-5-7-9(14-8(6)13)15(2)12(19)16(3)10(7)17/h5H,4H2,1-3H3,(H2,13,14). The third-order valence-electron chi connectivity index (χ3n) is 2.95.